The number of hydrazone groups is 1. The Morgan fingerprint density at radius 2 is 2.07 bits per heavy atom. The average Bonchev–Trinajstić information content (AvgIpc) is 2.75. The highest BCUT2D eigenvalue weighted by Gasteiger charge is 2.23. The Kier molecular flexibility index (Phi) is 5.76. The number of benzene rings is 1. The summed E-state index contributed by atoms with van der Waals surface area (Å²) < 4.78 is 1.57. The van der Waals surface area contributed by atoms with Crippen molar-refractivity contribution in [2.75, 3.05) is 6.54 Å². The van der Waals surface area contributed by atoms with E-state index in [0.29, 0.717) is 5.69 Å². The van der Waals surface area contributed by atoms with Crippen LogP contribution in [0.15, 0.2) is 58.7 Å². The first-order valence-electron chi connectivity index (χ1n) is 9.90. The van der Waals surface area contributed by atoms with E-state index < -0.39 is 5.56 Å². The van der Waals surface area contributed by atoms with E-state index in [9.17, 15) is 9.90 Å². The molecule has 7 nitrogen and oxygen atoms in total. The number of H-pyrrole nitrogens is 1. The van der Waals surface area contributed by atoms with Gasteiger partial charge >= 0.3 is 0 Å². The fraction of sp³-hybridized carbons (Fsp3) is 0.273. The van der Waals surface area contributed by atoms with E-state index in [-0.39, 0.29) is 22.3 Å². The van der Waals surface area contributed by atoms with Crippen molar-refractivity contribution in [3.8, 4) is 11.6 Å². The summed E-state index contributed by atoms with van der Waals surface area (Å²) in [6.07, 6.45) is 8.10. The second kappa shape index (κ2) is 8.62. The van der Waals surface area contributed by atoms with Crippen molar-refractivity contribution >= 4 is 18.4 Å². The zero-order valence-corrected chi connectivity index (χ0v) is 17.5. The smallest absolute Gasteiger partial charge is 0.264 e. The molecular weight excluding hydrogens is 398 g/mol. The van der Waals surface area contributed by atoms with E-state index in [1.54, 1.807) is 6.20 Å². The molecule has 154 valence electrons. The van der Waals surface area contributed by atoms with E-state index in [4.69, 9.17) is 12.2 Å². The van der Waals surface area contributed by atoms with Crippen LogP contribution in [0.1, 0.15) is 42.0 Å². The fourth-order valence-corrected chi connectivity index (χ4v) is 3.97. The van der Waals surface area contributed by atoms with E-state index in [2.05, 4.69) is 15.1 Å². The van der Waals surface area contributed by atoms with Gasteiger partial charge in [-0.2, -0.15) is 5.10 Å². The number of hydrogen-bond acceptors (Lipinski definition) is 6. The van der Waals surface area contributed by atoms with Crippen LogP contribution < -0.4 is 5.56 Å². The second-order valence-corrected chi connectivity index (χ2v) is 7.76. The van der Waals surface area contributed by atoms with Gasteiger partial charge in [-0.25, -0.2) is 0 Å². The summed E-state index contributed by atoms with van der Waals surface area (Å²) in [7, 11) is 0. The Bertz CT molecular complexity index is 1170. The van der Waals surface area contributed by atoms with Gasteiger partial charge in [-0.05, 0) is 62.2 Å². The number of nitrogens with zero attached hydrogens (tertiary/aromatic N) is 4. The number of piperidine rings is 1. The van der Waals surface area contributed by atoms with Crippen LogP contribution in [0.3, 0.4) is 0 Å². The molecule has 0 bridgehead atoms. The number of hydrogen-bond donors (Lipinski definition) is 2. The minimum atomic E-state index is -0.473. The Morgan fingerprint density at radius 3 is 2.80 bits per heavy atom. The Labute approximate surface area is 179 Å². The zero-order chi connectivity index (χ0) is 21.1. The van der Waals surface area contributed by atoms with Crippen LogP contribution >= 0.6 is 12.2 Å². The molecule has 1 aliphatic rings. The van der Waals surface area contributed by atoms with Gasteiger partial charge in [-0.15, -0.1) is 0 Å². The van der Waals surface area contributed by atoms with Gasteiger partial charge in [0.15, 0.2) is 4.77 Å². The number of aromatic nitrogens is 3. The van der Waals surface area contributed by atoms with Crippen LogP contribution in [0.5, 0.6) is 5.88 Å². The monoisotopic (exact) mass is 421 g/mol. The Morgan fingerprint density at radius 1 is 1.27 bits per heavy atom. The summed E-state index contributed by atoms with van der Waals surface area (Å²) in [4.78, 5) is 19.4. The van der Waals surface area contributed by atoms with E-state index in [1.165, 1.54) is 10.8 Å². The molecule has 3 heterocycles. The number of rotatable bonds is 4. The molecule has 0 spiro atoms. The van der Waals surface area contributed by atoms with Crippen molar-refractivity contribution in [1.29, 1.82) is 0 Å². The van der Waals surface area contributed by atoms with Gasteiger partial charge in [0.2, 0.25) is 5.88 Å². The molecule has 4 rings (SSSR count). The fourth-order valence-electron chi connectivity index (χ4n) is 3.69. The molecule has 1 fully saturated rings. The molecule has 0 aliphatic carbocycles. The van der Waals surface area contributed by atoms with Crippen LogP contribution in [0.4, 0.5) is 0 Å². The molecule has 1 aromatic carbocycles. The molecular formula is C22H23N5O2S. The van der Waals surface area contributed by atoms with Crippen LogP contribution in [-0.2, 0) is 0 Å². The zero-order valence-electron chi connectivity index (χ0n) is 16.7. The number of aromatic hydroxyl groups is 1. The van der Waals surface area contributed by atoms with Crippen LogP contribution in [0, 0.1) is 11.7 Å². The first-order chi connectivity index (χ1) is 14.5. The third kappa shape index (κ3) is 4.04. The quantitative estimate of drug-likeness (QED) is 0.493. The molecule has 0 amide bonds. The Hall–Kier alpha value is -3.26. The summed E-state index contributed by atoms with van der Waals surface area (Å²) in [6.45, 7) is 2.75. The van der Waals surface area contributed by atoms with Crippen molar-refractivity contribution in [1.82, 2.24) is 19.5 Å². The third-order valence-electron chi connectivity index (χ3n) is 5.29. The summed E-state index contributed by atoms with van der Waals surface area (Å²) in [5, 5.41) is 17.4. The summed E-state index contributed by atoms with van der Waals surface area (Å²) in [5.41, 5.74) is 2.44. The maximum absolute atomic E-state index is 12.5. The predicted octanol–water partition coefficient (Wildman–Crippen LogP) is 3.87. The highest BCUT2D eigenvalue weighted by Crippen LogP contribution is 2.30. The maximum Gasteiger partial charge on any atom is 0.264 e. The molecule has 30 heavy (non-hydrogen) atoms. The predicted molar refractivity (Wildman–Crippen MR) is 119 cm³/mol. The van der Waals surface area contributed by atoms with Gasteiger partial charge in [-0.1, -0.05) is 23.8 Å². The molecule has 1 aliphatic heterocycles. The minimum Gasteiger partial charge on any atom is -0.494 e. The molecule has 1 atom stereocenters. The van der Waals surface area contributed by atoms with E-state index in [0.717, 1.165) is 36.9 Å². The molecule has 8 heteroatoms. The number of aryl methyl sites for hydroxylation is 1. The summed E-state index contributed by atoms with van der Waals surface area (Å²) in [6, 6.07) is 11.6. The molecule has 3 aromatic rings. The Balaban J connectivity index is 1.71. The highest BCUT2D eigenvalue weighted by atomic mass is 32.1. The standard InChI is InChI=1S/C22H23N5O2S/c1-15-7-9-17(10-8-15)27-21(29)18(20(28)25-22(27)30)14-24-26-12-3-2-6-19(26)16-5-4-11-23-13-16/h4-5,7-11,13-14,19,29H,2-3,6,12H2,1H3,(H,25,28,30)/b24-14+. The van der Waals surface area contributed by atoms with Gasteiger partial charge in [0, 0.05) is 18.9 Å². The SMILES string of the molecule is Cc1ccc(-n2c(O)c(/C=N/N3CCCCC3c3cccnc3)c(=O)[nH]c2=S)cc1. The lowest BCUT2D eigenvalue weighted by atomic mass is 9.98. The number of aromatic amines is 1. The molecule has 1 unspecified atom stereocenters. The van der Waals surface area contributed by atoms with Crippen LogP contribution in [0.2, 0.25) is 0 Å². The molecule has 2 aromatic heterocycles. The molecule has 0 radical (unpaired) electrons. The van der Waals surface area contributed by atoms with Gasteiger partial charge in [-0.3, -0.25) is 24.3 Å². The van der Waals surface area contributed by atoms with Crippen molar-refractivity contribution in [3.05, 3.63) is 80.6 Å². The normalized spacial score (nSPS) is 16.8. The van der Waals surface area contributed by atoms with Crippen LogP contribution in [0.25, 0.3) is 5.69 Å². The summed E-state index contributed by atoms with van der Waals surface area (Å²) >= 11 is 5.28. The first kappa shape index (κ1) is 20.0. The van der Waals surface area contributed by atoms with E-state index in [1.807, 2.05) is 54.5 Å². The highest BCUT2D eigenvalue weighted by molar-refractivity contribution is 7.71. The lowest BCUT2D eigenvalue weighted by Crippen LogP contribution is -2.29. The van der Waals surface area contributed by atoms with Crippen molar-refractivity contribution in [3.63, 3.8) is 0 Å². The summed E-state index contributed by atoms with van der Waals surface area (Å²) in [5.74, 6) is -0.230. The lowest BCUT2D eigenvalue weighted by Gasteiger charge is -2.33. The maximum atomic E-state index is 12.5. The third-order valence-corrected chi connectivity index (χ3v) is 5.58. The number of nitrogens with one attached hydrogen (secondary N) is 1. The minimum absolute atomic E-state index is 0.0692. The first-order valence-corrected chi connectivity index (χ1v) is 10.3. The molecule has 0 saturated carbocycles. The topological polar surface area (TPSA) is 86.5 Å². The van der Waals surface area contributed by atoms with Crippen molar-refractivity contribution in [2.45, 2.75) is 32.2 Å². The number of pyridine rings is 1. The molecule has 1 saturated heterocycles. The molecule has 2 N–H and O–H groups in total. The lowest BCUT2D eigenvalue weighted by molar-refractivity contribution is 0.156. The van der Waals surface area contributed by atoms with Crippen molar-refractivity contribution in [2.24, 2.45) is 5.10 Å². The van der Waals surface area contributed by atoms with Gasteiger partial charge < -0.3 is 5.11 Å². The van der Waals surface area contributed by atoms with Crippen LogP contribution in [-0.4, -0.2) is 37.4 Å². The average molecular weight is 422 g/mol. The van der Waals surface area contributed by atoms with Gasteiger partial charge in [0.1, 0.15) is 5.56 Å². The second-order valence-electron chi connectivity index (χ2n) is 7.37. The largest absolute Gasteiger partial charge is 0.494 e. The van der Waals surface area contributed by atoms with Crippen molar-refractivity contribution < 1.29 is 5.11 Å². The van der Waals surface area contributed by atoms with Gasteiger partial charge in [0.25, 0.3) is 5.56 Å². The van der Waals surface area contributed by atoms with E-state index >= 15 is 0 Å². The van der Waals surface area contributed by atoms with Gasteiger partial charge in [0.05, 0.1) is 17.9 Å².